The lowest BCUT2D eigenvalue weighted by molar-refractivity contribution is 0.787. The van der Waals surface area contributed by atoms with Crippen molar-refractivity contribution in [2.45, 2.75) is 32.6 Å². The second kappa shape index (κ2) is 6.11. The van der Waals surface area contributed by atoms with E-state index in [9.17, 15) is 0 Å². The number of likely N-dealkylation sites (N-methyl/N-ethyl adjacent to an activating group) is 1. The fourth-order valence-electron chi connectivity index (χ4n) is 1.16. The third-order valence-corrected chi connectivity index (χ3v) is 3.08. The second-order valence-corrected chi connectivity index (χ2v) is 4.38. The molecule has 1 aromatic heterocycles. The SMILES string of the molecule is CCCCc1cnc(CCNC)s1. The molecular formula is C10H18N2S. The van der Waals surface area contributed by atoms with Crippen LogP contribution in [0.3, 0.4) is 0 Å². The van der Waals surface area contributed by atoms with Crippen molar-refractivity contribution in [3.05, 3.63) is 16.1 Å². The van der Waals surface area contributed by atoms with Gasteiger partial charge in [-0.3, -0.25) is 0 Å². The molecule has 0 aliphatic carbocycles. The smallest absolute Gasteiger partial charge is 0.0940 e. The van der Waals surface area contributed by atoms with E-state index < -0.39 is 0 Å². The number of nitrogens with one attached hydrogen (secondary N) is 1. The van der Waals surface area contributed by atoms with Gasteiger partial charge in [0.15, 0.2) is 0 Å². The predicted octanol–water partition coefficient (Wildman–Crippen LogP) is 2.25. The first kappa shape index (κ1) is 10.7. The molecule has 0 saturated carbocycles. The zero-order valence-corrected chi connectivity index (χ0v) is 9.28. The molecule has 13 heavy (non-hydrogen) atoms. The number of nitrogens with zero attached hydrogens (tertiary/aromatic N) is 1. The zero-order valence-electron chi connectivity index (χ0n) is 8.47. The van der Waals surface area contributed by atoms with Crippen LogP contribution in [-0.4, -0.2) is 18.6 Å². The molecule has 1 N–H and O–H groups in total. The van der Waals surface area contributed by atoms with Crippen molar-refractivity contribution in [1.82, 2.24) is 10.3 Å². The first-order valence-electron chi connectivity index (χ1n) is 4.95. The number of rotatable bonds is 6. The summed E-state index contributed by atoms with van der Waals surface area (Å²) in [6.07, 6.45) is 6.85. The lowest BCUT2D eigenvalue weighted by Gasteiger charge is -1.93. The average Bonchev–Trinajstić information content (AvgIpc) is 2.59. The molecular weight excluding hydrogens is 180 g/mol. The Morgan fingerprint density at radius 3 is 3.00 bits per heavy atom. The molecule has 1 heterocycles. The maximum atomic E-state index is 4.39. The van der Waals surface area contributed by atoms with E-state index in [2.05, 4.69) is 17.2 Å². The normalized spacial score (nSPS) is 10.6. The molecule has 0 atom stereocenters. The van der Waals surface area contributed by atoms with Crippen molar-refractivity contribution in [3.8, 4) is 0 Å². The average molecular weight is 198 g/mol. The Balaban J connectivity index is 2.34. The molecule has 0 radical (unpaired) electrons. The number of thiazole rings is 1. The van der Waals surface area contributed by atoms with Crippen LogP contribution in [0.25, 0.3) is 0 Å². The molecule has 74 valence electrons. The van der Waals surface area contributed by atoms with E-state index in [1.54, 1.807) is 0 Å². The summed E-state index contributed by atoms with van der Waals surface area (Å²) in [5.41, 5.74) is 0. The van der Waals surface area contributed by atoms with Gasteiger partial charge in [-0.05, 0) is 19.9 Å². The Labute approximate surface area is 84.4 Å². The minimum atomic E-state index is 1.03. The highest BCUT2D eigenvalue weighted by Gasteiger charge is 2.00. The highest BCUT2D eigenvalue weighted by atomic mass is 32.1. The van der Waals surface area contributed by atoms with Gasteiger partial charge in [0, 0.05) is 24.0 Å². The molecule has 1 aromatic rings. The Kier molecular flexibility index (Phi) is 5.01. The molecule has 0 bridgehead atoms. The lowest BCUT2D eigenvalue weighted by atomic mass is 10.2. The van der Waals surface area contributed by atoms with Gasteiger partial charge in [-0.1, -0.05) is 13.3 Å². The van der Waals surface area contributed by atoms with Crippen molar-refractivity contribution >= 4 is 11.3 Å². The van der Waals surface area contributed by atoms with Gasteiger partial charge in [0.2, 0.25) is 0 Å². The van der Waals surface area contributed by atoms with Crippen LogP contribution in [0, 0.1) is 0 Å². The standard InChI is InChI=1S/C10H18N2S/c1-3-4-5-9-8-12-10(13-9)6-7-11-2/h8,11H,3-7H2,1-2H3. The molecule has 0 aromatic carbocycles. The number of aryl methyl sites for hydroxylation is 1. The van der Waals surface area contributed by atoms with Gasteiger partial charge in [-0.2, -0.15) is 0 Å². The molecule has 0 saturated heterocycles. The Hall–Kier alpha value is -0.410. The summed E-state index contributed by atoms with van der Waals surface area (Å²) >= 11 is 1.86. The predicted molar refractivity (Wildman–Crippen MR) is 58.4 cm³/mol. The van der Waals surface area contributed by atoms with Gasteiger partial charge in [0.1, 0.15) is 0 Å². The Morgan fingerprint density at radius 2 is 2.31 bits per heavy atom. The lowest BCUT2D eigenvalue weighted by Crippen LogP contribution is -2.09. The van der Waals surface area contributed by atoms with Crippen molar-refractivity contribution in [2.75, 3.05) is 13.6 Å². The topological polar surface area (TPSA) is 24.9 Å². The maximum Gasteiger partial charge on any atom is 0.0940 e. The van der Waals surface area contributed by atoms with Gasteiger partial charge < -0.3 is 5.32 Å². The van der Waals surface area contributed by atoms with Gasteiger partial charge in [0.05, 0.1) is 5.01 Å². The maximum absolute atomic E-state index is 4.39. The van der Waals surface area contributed by atoms with Crippen molar-refractivity contribution < 1.29 is 0 Å². The molecule has 0 fully saturated rings. The van der Waals surface area contributed by atoms with Gasteiger partial charge in [-0.25, -0.2) is 4.98 Å². The minimum Gasteiger partial charge on any atom is -0.319 e. The zero-order chi connectivity index (χ0) is 9.52. The van der Waals surface area contributed by atoms with E-state index in [0.29, 0.717) is 0 Å². The van der Waals surface area contributed by atoms with E-state index in [-0.39, 0.29) is 0 Å². The highest BCUT2D eigenvalue weighted by molar-refractivity contribution is 7.11. The summed E-state index contributed by atoms with van der Waals surface area (Å²) in [5.74, 6) is 0. The van der Waals surface area contributed by atoms with Crippen molar-refractivity contribution in [3.63, 3.8) is 0 Å². The molecule has 1 rings (SSSR count). The number of unbranched alkanes of at least 4 members (excludes halogenated alkanes) is 1. The number of aromatic nitrogens is 1. The van der Waals surface area contributed by atoms with Crippen LogP contribution in [0.4, 0.5) is 0 Å². The van der Waals surface area contributed by atoms with Crippen LogP contribution in [0.15, 0.2) is 6.20 Å². The quantitative estimate of drug-likeness (QED) is 0.758. The number of hydrogen-bond acceptors (Lipinski definition) is 3. The Bertz CT molecular complexity index is 210. The van der Waals surface area contributed by atoms with Gasteiger partial charge in [0.25, 0.3) is 0 Å². The Morgan fingerprint density at radius 1 is 1.46 bits per heavy atom. The summed E-state index contributed by atoms with van der Waals surface area (Å²) in [5, 5.41) is 4.40. The van der Waals surface area contributed by atoms with Crippen LogP contribution in [0.5, 0.6) is 0 Å². The summed E-state index contributed by atoms with van der Waals surface area (Å²) in [7, 11) is 1.98. The minimum absolute atomic E-state index is 1.03. The fourth-order valence-corrected chi connectivity index (χ4v) is 2.13. The highest BCUT2D eigenvalue weighted by Crippen LogP contribution is 2.15. The van der Waals surface area contributed by atoms with Gasteiger partial charge in [-0.15, -0.1) is 11.3 Å². The second-order valence-electron chi connectivity index (χ2n) is 3.18. The van der Waals surface area contributed by atoms with E-state index in [4.69, 9.17) is 0 Å². The van der Waals surface area contributed by atoms with Crippen LogP contribution in [-0.2, 0) is 12.8 Å². The van der Waals surface area contributed by atoms with Crippen molar-refractivity contribution in [2.24, 2.45) is 0 Å². The van der Waals surface area contributed by atoms with E-state index >= 15 is 0 Å². The molecule has 2 nitrogen and oxygen atoms in total. The van der Waals surface area contributed by atoms with Crippen LogP contribution < -0.4 is 5.32 Å². The van der Waals surface area contributed by atoms with Crippen LogP contribution >= 0.6 is 11.3 Å². The fraction of sp³-hybridized carbons (Fsp3) is 0.700. The summed E-state index contributed by atoms with van der Waals surface area (Å²) < 4.78 is 0. The number of hydrogen-bond donors (Lipinski definition) is 1. The monoisotopic (exact) mass is 198 g/mol. The van der Waals surface area contributed by atoms with Crippen molar-refractivity contribution in [1.29, 1.82) is 0 Å². The van der Waals surface area contributed by atoms with Crippen LogP contribution in [0.1, 0.15) is 29.7 Å². The largest absolute Gasteiger partial charge is 0.319 e. The van der Waals surface area contributed by atoms with E-state index in [1.807, 2.05) is 24.6 Å². The first-order chi connectivity index (χ1) is 6.36. The molecule has 0 aliphatic rings. The molecule has 0 spiro atoms. The molecule has 3 heteroatoms. The van der Waals surface area contributed by atoms with Gasteiger partial charge >= 0.3 is 0 Å². The molecule has 0 unspecified atom stereocenters. The summed E-state index contributed by atoms with van der Waals surface area (Å²) in [6, 6.07) is 0. The molecule has 0 amide bonds. The third kappa shape index (κ3) is 3.87. The first-order valence-corrected chi connectivity index (χ1v) is 5.76. The molecule has 0 aliphatic heterocycles. The van der Waals surface area contributed by atoms with Crippen LogP contribution in [0.2, 0.25) is 0 Å². The van der Waals surface area contributed by atoms with E-state index in [0.717, 1.165) is 13.0 Å². The van der Waals surface area contributed by atoms with E-state index in [1.165, 1.54) is 29.1 Å². The third-order valence-electron chi connectivity index (χ3n) is 1.97. The summed E-state index contributed by atoms with van der Waals surface area (Å²) in [6.45, 7) is 3.25. The summed E-state index contributed by atoms with van der Waals surface area (Å²) in [4.78, 5) is 5.82.